The highest BCUT2D eigenvalue weighted by molar-refractivity contribution is 7.80. The molecule has 0 aliphatic heterocycles. The number of nitrogens with two attached hydrogens (primary N) is 1. The van der Waals surface area contributed by atoms with E-state index in [2.05, 4.69) is 33.2 Å². The molecule has 1 aromatic rings. The summed E-state index contributed by atoms with van der Waals surface area (Å²) in [6, 6.07) is -3.51. The quantitative estimate of drug-likeness (QED) is 0.242. The number of aliphatic hydroxyl groups excluding tert-OH is 1. The van der Waals surface area contributed by atoms with Gasteiger partial charge in [0.1, 0.15) is 6.04 Å². The number of H-pyrrole nitrogens is 1. The number of nitrogens with one attached hydrogen (secondary N) is 3. The maximum Gasteiger partial charge on any atom is 0.328 e. The molecule has 1 aromatic heterocycles. The molecule has 0 radical (unpaired) electrons. The van der Waals surface area contributed by atoms with Gasteiger partial charge in [0.25, 0.3) is 0 Å². The smallest absolute Gasteiger partial charge is 0.328 e. The number of imidazole rings is 1. The molecule has 2 amide bonds. The molecule has 0 bridgehead atoms. The third-order valence-corrected chi connectivity index (χ3v) is 3.58. The first-order valence-electron chi connectivity index (χ1n) is 7.11. The topological polar surface area (TPSA) is 170 Å². The average molecular weight is 359 g/mol. The molecule has 0 saturated carbocycles. The van der Waals surface area contributed by atoms with Crippen LogP contribution in [0, 0.1) is 0 Å². The zero-order chi connectivity index (χ0) is 18.3. The molecule has 11 heteroatoms. The molecule has 0 aliphatic rings. The lowest BCUT2D eigenvalue weighted by Gasteiger charge is -2.23. The Kier molecular flexibility index (Phi) is 7.68. The SMILES string of the molecule is C[C@@H](O)[C@H](NC(=O)[C@H](Cc1cnc[nH]1)NC(=O)[C@@H](N)CS)C(=O)O. The molecular weight excluding hydrogens is 338 g/mol. The van der Waals surface area contributed by atoms with Gasteiger partial charge in [-0.25, -0.2) is 9.78 Å². The lowest BCUT2D eigenvalue weighted by Crippen LogP contribution is -2.57. The van der Waals surface area contributed by atoms with Gasteiger partial charge in [0.05, 0.1) is 18.5 Å². The Hall–Kier alpha value is -2.11. The normalized spacial score (nSPS) is 15.8. The van der Waals surface area contributed by atoms with Gasteiger partial charge in [-0.3, -0.25) is 9.59 Å². The molecule has 134 valence electrons. The summed E-state index contributed by atoms with van der Waals surface area (Å²) in [5.74, 6) is -2.68. The molecule has 0 aliphatic carbocycles. The molecule has 10 nitrogen and oxygen atoms in total. The van der Waals surface area contributed by atoms with E-state index in [1.807, 2.05) is 0 Å². The van der Waals surface area contributed by atoms with Crippen molar-refractivity contribution in [1.82, 2.24) is 20.6 Å². The van der Waals surface area contributed by atoms with E-state index in [9.17, 15) is 19.5 Å². The third-order valence-electron chi connectivity index (χ3n) is 3.19. The van der Waals surface area contributed by atoms with Crippen LogP contribution in [-0.2, 0) is 20.8 Å². The molecule has 4 atom stereocenters. The number of aliphatic hydroxyl groups is 1. The molecule has 0 aromatic carbocycles. The highest BCUT2D eigenvalue weighted by Crippen LogP contribution is 2.02. The Balaban J connectivity index is 2.88. The lowest BCUT2D eigenvalue weighted by atomic mass is 10.1. The van der Waals surface area contributed by atoms with E-state index in [0.29, 0.717) is 5.69 Å². The fourth-order valence-electron chi connectivity index (χ4n) is 1.83. The molecule has 0 unspecified atom stereocenters. The van der Waals surface area contributed by atoms with E-state index in [1.165, 1.54) is 19.4 Å². The van der Waals surface area contributed by atoms with Crippen LogP contribution in [0.3, 0.4) is 0 Å². The summed E-state index contributed by atoms with van der Waals surface area (Å²) >= 11 is 3.91. The van der Waals surface area contributed by atoms with Gasteiger partial charge in [-0.1, -0.05) is 0 Å². The van der Waals surface area contributed by atoms with E-state index in [0.717, 1.165) is 0 Å². The third kappa shape index (κ3) is 5.83. The second-order valence-electron chi connectivity index (χ2n) is 5.20. The van der Waals surface area contributed by atoms with Crippen molar-refractivity contribution in [3.63, 3.8) is 0 Å². The summed E-state index contributed by atoms with van der Waals surface area (Å²) in [6.07, 6.45) is 1.60. The van der Waals surface area contributed by atoms with Gasteiger partial charge < -0.3 is 31.6 Å². The number of aromatic amines is 1. The number of thiol groups is 1. The van der Waals surface area contributed by atoms with Gasteiger partial charge in [-0.05, 0) is 6.92 Å². The highest BCUT2D eigenvalue weighted by atomic mass is 32.1. The van der Waals surface area contributed by atoms with Crippen molar-refractivity contribution in [2.75, 3.05) is 5.75 Å². The van der Waals surface area contributed by atoms with Crippen LogP contribution in [0.4, 0.5) is 0 Å². The Labute approximate surface area is 143 Å². The van der Waals surface area contributed by atoms with Crippen LogP contribution >= 0.6 is 12.6 Å². The van der Waals surface area contributed by atoms with Crippen LogP contribution in [0.1, 0.15) is 12.6 Å². The maximum atomic E-state index is 12.3. The summed E-state index contributed by atoms with van der Waals surface area (Å²) in [4.78, 5) is 41.9. The van der Waals surface area contributed by atoms with Gasteiger partial charge in [0.15, 0.2) is 6.04 Å². The number of aliphatic carboxylic acids is 1. The number of carboxylic acid groups (broad SMARTS) is 1. The Morgan fingerprint density at radius 2 is 2.04 bits per heavy atom. The van der Waals surface area contributed by atoms with Crippen LogP contribution in [0.2, 0.25) is 0 Å². The van der Waals surface area contributed by atoms with Crippen molar-refractivity contribution in [1.29, 1.82) is 0 Å². The molecule has 1 heterocycles. The van der Waals surface area contributed by atoms with Crippen LogP contribution in [0.25, 0.3) is 0 Å². The fourth-order valence-corrected chi connectivity index (χ4v) is 2.00. The zero-order valence-corrected chi connectivity index (χ0v) is 13.9. The summed E-state index contributed by atoms with van der Waals surface area (Å²) in [5.41, 5.74) is 6.12. The van der Waals surface area contributed by atoms with Gasteiger partial charge in [0.2, 0.25) is 11.8 Å². The number of hydrogen-bond acceptors (Lipinski definition) is 7. The van der Waals surface area contributed by atoms with Crippen molar-refractivity contribution >= 4 is 30.4 Å². The van der Waals surface area contributed by atoms with Gasteiger partial charge in [-0.15, -0.1) is 0 Å². The van der Waals surface area contributed by atoms with Crippen molar-refractivity contribution in [3.05, 3.63) is 18.2 Å². The monoisotopic (exact) mass is 359 g/mol. The van der Waals surface area contributed by atoms with Crippen LogP contribution in [0.15, 0.2) is 12.5 Å². The summed E-state index contributed by atoms with van der Waals surface area (Å²) in [6.45, 7) is 1.23. The van der Waals surface area contributed by atoms with E-state index in [4.69, 9.17) is 10.8 Å². The first kappa shape index (κ1) is 19.9. The van der Waals surface area contributed by atoms with Crippen LogP contribution in [0.5, 0.6) is 0 Å². The zero-order valence-electron chi connectivity index (χ0n) is 13.0. The van der Waals surface area contributed by atoms with E-state index < -0.39 is 42.0 Å². The minimum Gasteiger partial charge on any atom is -0.480 e. The largest absolute Gasteiger partial charge is 0.480 e. The Morgan fingerprint density at radius 1 is 1.38 bits per heavy atom. The maximum absolute atomic E-state index is 12.3. The standard InChI is InChI=1S/C13H21N5O5S/c1-6(19)10(13(22)23)18-12(21)9(2-7-3-15-5-16-7)17-11(20)8(14)4-24/h3,5-6,8-10,19,24H,2,4,14H2,1H3,(H,15,16)(H,17,20)(H,18,21)(H,22,23)/t6-,8+,9+,10+/m1/s1. The molecule has 0 saturated heterocycles. The minimum atomic E-state index is -1.50. The predicted octanol–water partition coefficient (Wildman–Crippen LogP) is -2.36. The van der Waals surface area contributed by atoms with Crippen molar-refractivity contribution in [3.8, 4) is 0 Å². The van der Waals surface area contributed by atoms with Crippen LogP contribution in [-0.4, -0.2) is 67.9 Å². The number of rotatable bonds is 9. The van der Waals surface area contributed by atoms with Gasteiger partial charge in [0, 0.05) is 24.1 Å². The molecule has 0 spiro atoms. The van der Waals surface area contributed by atoms with E-state index >= 15 is 0 Å². The van der Waals surface area contributed by atoms with E-state index in [1.54, 1.807) is 0 Å². The minimum absolute atomic E-state index is 0.0447. The lowest BCUT2D eigenvalue weighted by molar-refractivity contribution is -0.145. The van der Waals surface area contributed by atoms with Crippen LogP contribution < -0.4 is 16.4 Å². The van der Waals surface area contributed by atoms with Gasteiger partial charge >= 0.3 is 5.97 Å². The fraction of sp³-hybridized carbons (Fsp3) is 0.538. The van der Waals surface area contributed by atoms with Crippen molar-refractivity contribution in [2.24, 2.45) is 5.73 Å². The average Bonchev–Trinajstić information content (AvgIpc) is 3.03. The Morgan fingerprint density at radius 3 is 2.50 bits per heavy atom. The second kappa shape index (κ2) is 9.25. The number of carboxylic acids is 1. The summed E-state index contributed by atoms with van der Waals surface area (Å²) in [7, 11) is 0. The predicted molar refractivity (Wildman–Crippen MR) is 87.3 cm³/mol. The van der Waals surface area contributed by atoms with Gasteiger partial charge in [-0.2, -0.15) is 12.6 Å². The first-order valence-corrected chi connectivity index (χ1v) is 7.74. The van der Waals surface area contributed by atoms with Crippen molar-refractivity contribution in [2.45, 2.75) is 37.6 Å². The second-order valence-corrected chi connectivity index (χ2v) is 5.56. The number of amides is 2. The molecule has 0 fully saturated rings. The molecule has 24 heavy (non-hydrogen) atoms. The summed E-state index contributed by atoms with van der Waals surface area (Å²) in [5, 5.41) is 23.1. The summed E-state index contributed by atoms with van der Waals surface area (Å²) < 4.78 is 0. The molecule has 1 rings (SSSR count). The number of nitrogens with zero attached hydrogens (tertiary/aromatic N) is 1. The highest BCUT2D eigenvalue weighted by Gasteiger charge is 2.30. The van der Waals surface area contributed by atoms with E-state index in [-0.39, 0.29) is 12.2 Å². The number of hydrogen-bond donors (Lipinski definition) is 7. The molecule has 7 N–H and O–H groups in total. The Bertz CT molecular complexity index is 565. The molecular formula is C13H21N5O5S. The number of carbonyl (C=O) groups is 3. The number of carbonyl (C=O) groups excluding carboxylic acids is 2. The first-order chi connectivity index (χ1) is 11.3. The number of aromatic nitrogens is 2. The van der Waals surface area contributed by atoms with Crippen molar-refractivity contribution < 1.29 is 24.6 Å².